The lowest BCUT2D eigenvalue weighted by Crippen LogP contribution is -2.57. The van der Waals surface area contributed by atoms with Crippen molar-refractivity contribution in [3.63, 3.8) is 0 Å². The third-order valence-corrected chi connectivity index (χ3v) is 3.44. The number of para-hydroxylation sites is 1. The van der Waals surface area contributed by atoms with E-state index in [9.17, 15) is 4.79 Å². The highest BCUT2D eigenvalue weighted by atomic mass is 16.5. The highest BCUT2D eigenvalue weighted by Crippen LogP contribution is 2.16. The molecule has 1 amide bonds. The van der Waals surface area contributed by atoms with Crippen LogP contribution in [0.5, 0.6) is 5.75 Å². The number of amides is 1. The van der Waals surface area contributed by atoms with E-state index in [2.05, 4.69) is 15.5 Å². The van der Waals surface area contributed by atoms with E-state index in [0.29, 0.717) is 19.1 Å². The molecule has 0 bridgehead atoms. The number of hydrogen-bond acceptors (Lipinski definition) is 4. The quantitative estimate of drug-likeness (QED) is 0.771. The normalized spacial score (nSPS) is 15.1. The van der Waals surface area contributed by atoms with Crippen LogP contribution in [0.4, 0.5) is 0 Å². The summed E-state index contributed by atoms with van der Waals surface area (Å²) in [7, 11) is 3.62. The first-order chi connectivity index (χ1) is 9.20. The van der Waals surface area contributed by atoms with Crippen LogP contribution in [0.25, 0.3) is 0 Å². The molecular weight excluding hydrogens is 242 g/mol. The highest BCUT2D eigenvalue weighted by molar-refractivity contribution is 5.78. The molecule has 0 saturated carbocycles. The fourth-order valence-corrected chi connectivity index (χ4v) is 2.04. The van der Waals surface area contributed by atoms with E-state index < -0.39 is 0 Å². The van der Waals surface area contributed by atoms with Crippen molar-refractivity contribution >= 4 is 5.91 Å². The maximum absolute atomic E-state index is 11.9. The van der Waals surface area contributed by atoms with Crippen LogP contribution in [0, 0.1) is 0 Å². The molecular formula is C14H21N3O2. The summed E-state index contributed by atoms with van der Waals surface area (Å²) >= 11 is 0. The van der Waals surface area contributed by atoms with Gasteiger partial charge in [-0.1, -0.05) is 18.2 Å². The van der Waals surface area contributed by atoms with E-state index in [4.69, 9.17) is 4.74 Å². The third-order valence-electron chi connectivity index (χ3n) is 3.44. The van der Waals surface area contributed by atoms with Crippen LogP contribution >= 0.6 is 0 Å². The molecule has 1 aliphatic heterocycles. The first kappa shape index (κ1) is 13.8. The Balaban J connectivity index is 1.79. The number of rotatable bonds is 6. The summed E-state index contributed by atoms with van der Waals surface area (Å²) in [5, 5.41) is 6.13. The van der Waals surface area contributed by atoms with E-state index in [1.165, 1.54) is 0 Å². The van der Waals surface area contributed by atoms with E-state index in [-0.39, 0.29) is 5.91 Å². The van der Waals surface area contributed by atoms with Gasteiger partial charge in [0.2, 0.25) is 5.91 Å². The zero-order chi connectivity index (χ0) is 13.7. The van der Waals surface area contributed by atoms with Gasteiger partial charge in [0, 0.05) is 31.2 Å². The fraction of sp³-hybridized carbons (Fsp3) is 0.500. The monoisotopic (exact) mass is 263 g/mol. The first-order valence-corrected chi connectivity index (χ1v) is 6.50. The molecule has 2 rings (SSSR count). The molecule has 1 aromatic rings. The molecule has 1 saturated heterocycles. The predicted octanol–water partition coefficient (Wildman–Crippen LogP) is 0.215. The first-order valence-electron chi connectivity index (χ1n) is 6.50. The summed E-state index contributed by atoms with van der Waals surface area (Å²) in [5.41, 5.74) is 0.992. The van der Waals surface area contributed by atoms with Crippen molar-refractivity contribution in [3.05, 3.63) is 29.8 Å². The minimum atomic E-state index is 0.0420. The Morgan fingerprint density at radius 1 is 1.47 bits per heavy atom. The fourth-order valence-electron chi connectivity index (χ4n) is 2.04. The Labute approximate surface area is 113 Å². The number of carbonyl (C=O) groups excluding carboxylic acids is 1. The predicted molar refractivity (Wildman–Crippen MR) is 74.1 cm³/mol. The van der Waals surface area contributed by atoms with E-state index in [1.54, 1.807) is 7.11 Å². The van der Waals surface area contributed by atoms with Crippen LogP contribution in [0.1, 0.15) is 5.56 Å². The zero-order valence-corrected chi connectivity index (χ0v) is 11.5. The molecule has 104 valence electrons. The van der Waals surface area contributed by atoms with E-state index >= 15 is 0 Å². The number of nitrogens with one attached hydrogen (secondary N) is 2. The topological polar surface area (TPSA) is 53.6 Å². The molecule has 1 aliphatic rings. The Morgan fingerprint density at radius 3 is 2.84 bits per heavy atom. The van der Waals surface area contributed by atoms with Gasteiger partial charge in [-0.05, 0) is 13.1 Å². The number of hydrogen-bond donors (Lipinski definition) is 2. The molecule has 0 aliphatic carbocycles. The Kier molecular flexibility index (Phi) is 4.76. The number of nitrogens with zero attached hydrogens (tertiary/aromatic N) is 1. The van der Waals surface area contributed by atoms with Crippen molar-refractivity contribution in [1.82, 2.24) is 15.5 Å². The summed E-state index contributed by atoms with van der Waals surface area (Å²) in [6.45, 7) is 2.87. The Morgan fingerprint density at radius 2 is 2.21 bits per heavy atom. The minimum Gasteiger partial charge on any atom is -0.496 e. The summed E-state index contributed by atoms with van der Waals surface area (Å²) in [5.74, 6) is 0.847. The van der Waals surface area contributed by atoms with E-state index in [0.717, 1.165) is 24.4 Å². The second kappa shape index (κ2) is 6.54. The highest BCUT2D eigenvalue weighted by Gasteiger charge is 2.22. The van der Waals surface area contributed by atoms with Gasteiger partial charge in [-0.3, -0.25) is 9.69 Å². The lowest BCUT2D eigenvalue weighted by atomic mass is 10.1. The lowest BCUT2D eigenvalue weighted by molar-refractivity contribution is -0.122. The van der Waals surface area contributed by atoms with Gasteiger partial charge >= 0.3 is 0 Å². The standard InChI is InChI=1S/C14H21N3O2/c1-17(12-8-15-9-12)10-14(18)16-7-11-5-3-4-6-13(11)19-2/h3-6,12,15H,7-10H2,1-2H3,(H,16,18). The molecule has 1 heterocycles. The number of benzene rings is 1. The van der Waals surface area contributed by atoms with Crippen LogP contribution in [0.15, 0.2) is 24.3 Å². The van der Waals surface area contributed by atoms with Gasteiger partial charge in [0.15, 0.2) is 0 Å². The van der Waals surface area contributed by atoms with Crippen LogP contribution in [0.2, 0.25) is 0 Å². The molecule has 1 aromatic carbocycles. The maximum atomic E-state index is 11.9. The smallest absolute Gasteiger partial charge is 0.234 e. The summed E-state index contributed by atoms with van der Waals surface area (Å²) in [6.07, 6.45) is 0. The number of methoxy groups -OCH3 is 1. The van der Waals surface area contributed by atoms with E-state index in [1.807, 2.05) is 31.3 Å². The third kappa shape index (κ3) is 3.68. The van der Waals surface area contributed by atoms with Crippen molar-refractivity contribution in [2.24, 2.45) is 0 Å². The SMILES string of the molecule is COc1ccccc1CNC(=O)CN(C)C1CNC1. The number of carbonyl (C=O) groups is 1. The second-order valence-electron chi connectivity index (χ2n) is 4.82. The molecule has 0 aromatic heterocycles. The maximum Gasteiger partial charge on any atom is 0.234 e. The van der Waals surface area contributed by atoms with Crippen LogP contribution in [-0.2, 0) is 11.3 Å². The van der Waals surface area contributed by atoms with Crippen molar-refractivity contribution < 1.29 is 9.53 Å². The number of ether oxygens (including phenoxy) is 1. The van der Waals surface area contributed by atoms with Crippen molar-refractivity contribution in [2.45, 2.75) is 12.6 Å². The van der Waals surface area contributed by atoms with Gasteiger partial charge in [0.1, 0.15) is 5.75 Å². The van der Waals surface area contributed by atoms with Gasteiger partial charge in [0.25, 0.3) is 0 Å². The molecule has 1 fully saturated rings. The molecule has 0 spiro atoms. The Hall–Kier alpha value is -1.59. The summed E-state index contributed by atoms with van der Waals surface area (Å²) < 4.78 is 5.25. The van der Waals surface area contributed by atoms with Crippen LogP contribution in [0.3, 0.4) is 0 Å². The largest absolute Gasteiger partial charge is 0.496 e. The molecule has 0 radical (unpaired) electrons. The second-order valence-corrected chi connectivity index (χ2v) is 4.82. The van der Waals surface area contributed by atoms with Crippen molar-refractivity contribution in [2.75, 3.05) is 33.8 Å². The van der Waals surface area contributed by atoms with Crippen molar-refractivity contribution in [3.8, 4) is 5.75 Å². The molecule has 0 atom stereocenters. The zero-order valence-electron chi connectivity index (χ0n) is 11.5. The van der Waals surface area contributed by atoms with Gasteiger partial charge in [-0.15, -0.1) is 0 Å². The minimum absolute atomic E-state index is 0.0420. The van der Waals surface area contributed by atoms with Gasteiger partial charge < -0.3 is 15.4 Å². The molecule has 0 unspecified atom stereocenters. The molecule has 2 N–H and O–H groups in total. The number of likely N-dealkylation sites (N-methyl/N-ethyl adjacent to an activating group) is 1. The average molecular weight is 263 g/mol. The average Bonchev–Trinajstić information content (AvgIpc) is 2.34. The molecule has 19 heavy (non-hydrogen) atoms. The van der Waals surface area contributed by atoms with Gasteiger partial charge in [0.05, 0.1) is 13.7 Å². The van der Waals surface area contributed by atoms with Gasteiger partial charge in [-0.25, -0.2) is 0 Å². The molecule has 5 nitrogen and oxygen atoms in total. The van der Waals surface area contributed by atoms with Crippen molar-refractivity contribution in [1.29, 1.82) is 0 Å². The lowest BCUT2D eigenvalue weighted by Gasteiger charge is -2.35. The summed E-state index contributed by atoms with van der Waals surface area (Å²) in [4.78, 5) is 13.9. The Bertz CT molecular complexity index is 432. The van der Waals surface area contributed by atoms with Crippen LogP contribution < -0.4 is 15.4 Å². The molecule has 5 heteroatoms. The van der Waals surface area contributed by atoms with Gasteiger partial charge in [-0.2, -0.15) is 0 Å². The summed E-state index contributed by atoms with van der Waals surface area (Å²) in [6, 6.07) is 8.20. The van der Waals surface area contributed by atoms with Crippen LogP contribution in [-0.4, -0.2) is 50.6 Å².